The summed E-state index contributed by atoms with van der Waals surface area (Å²) >= 11 is 1.88. The fourth-order valence-electron chi connectivity index (χ4n) is 2.31. The lowest BCUT2D eigenvalue weighted by molar-refractivity contribution is 0.0692. The number of anilines is 1. The van der Waals surface area contributed by atoms with Crippen molar-refractivity contribution in [3.8, 4) is 0 Å². The SMILES string of the molecule is CN1C(=O)c2ccc(NC(=O)c3ccc(F)cc3I)cc2C1=O. The number of fused-ring (bicyclic) bond motifs is 1. The summed E-state index contributed by atoms with van der Waals surface area (Å²) in [6, 6.07) is 8.38. The summed E-state index contributed by atoms with van der Waals surface area (Å²) in [5.41, 5.74) is 1.29. The van der Waals surface area contributed by atoms with E-state index in [0.717, 1.165) is 4.90 Å². The van der Waals surface area contributed by atoms with Gasteiger partial charge in [0.15, 0.2) is 0 Å². The summed E-state index contributed by atoms with van der Waals surface area (Å²) in [6.45, 7) is 0. The Morgan fingerprint density at radius 1 is 1.09 bits per heavy atom. The fraction of sp³-hybridized carbons (Fsp3) is 0.0625. The Hall–Kier alpha value is -2.29. The molecule has 2 aromatic carbocycles. The summed E-state index contributed by atoms with van der Waals surface area (Å²) in [6.07, 6.45) is 0. The predicted molar refractivity (Wildman–Crippen MR) is 89.9 cm³/mol. The van der Waals surface area contributed by atoms with Crippen LogP contribution in [-0.4, -0.2) is 29.7 Å². The fourth-order valence-corrected chi connectivity index (χ4v) is 3.03. The molecule has 116 valence electrons. The van der Waals surface area contributed by atoms with E-state index in [1.54, 1.807) is 6.07 Å². The number of carbonyl (C=O) groups excluding carboxylic acids is 3. The lowest BCUT2D eigenvalue weighted by Crippen LogP contribution is -2.24. The molecule has 0 saturated heterocycles. The first kappa shape index (κ1) is 15.6. The van der Waals surface area contributed by atoms with Crippen molar-refractivity contribution in [1.82, 2.24) is 4.90 Å². The normalized spacial score (nSPS) is 13.3. The van der Waals surface area contributed by atoms with Crippen LogP contribution in [0.25, 0.3) is 0 Å². The van der Waals surface area contributed by atoms with Crippen molar-refractivity contribution in [2.75, 3.05) is 12.4 Å². The van der Waals surface area contributed by atoms with Gasteiger partial charge < -0.3 is 5.32 Å². The van der Waals surface area contributed by atoms with Gasteiger partial charge in [0.05, 0.1) is 16.7 Å². The molecule has 7 heteroatoms. The zero-order chi connectivity index (χ0) is 16.7. The molecule has 1 aliphatic rings. The second-order valence-corrected chi connectivity index (χ2v) is 6.17. The van der Waals surface area contributed by atoms with Crippen LogP contribution in [-0.2, 0) is 0 Å². The average molecular weight is 424 g/mol. The van der Waals surface area contributed by atoms with Crippen molar-refractivity contribution < 1.29 is 18.8 Å². The average Bonchev–Trinajstić information content (AvgIpc) is 2.72. The summed E-state index contributed by atoms with van der Waals surface area (Å²) in [5.74, 6) is -1.61. The molecule has 2 aromatic rings. The summed E-state index contributed by atoms with van der Waals surface area (Å²) in [5, 5.41) is 2.65. The predicted octanol–water partition coefficient (Wildman–Crippen LogP) is 2.91. The van der Waals surface area contributed by atoms with Crippen molar-refractivity contribution in [2.45, 2.75) is 0 Å². The Morgan fingerprint density at radius 2 is 1.78 bits per heavy atom. The third-order valence-electron chi connectivity index (χ3n) is 3.52. The van der Waals surface area contributed by atoms with E-state index in [1.165, 1.54) is 37.4 Å². The van der Waals surface area contributed by atoms with Crippen LogP contribution in [0, 0.1) is 9.39 Å². The second-order valence-electron chi connectivity index (χ2n) is 5.01. The number of amides is 3. The Labute approximate surface area is 144 Å². The molecule has 0 atom stereocenters. The number of rotatable bonds is 2. The minimum absolute atomic E-state index is 0.254. The molecule has 0 aliphatic carbocycles. The van der Waals surface area contributed by atoms with Crippen molar-refractivity contribution in [1.29, 1.82) is 0 Å². The molecule has 0 spiro atoms. The van der Waals surface area contributed by atoms with E-state index in [4.69, 9.17) is 0 Å². The summed E-state index contributed by atoms with van der Waals surface area (Å²) in [4.78, 5) is 37.1. The molecule has 5 nitrogen and oxygen atoms in total. The zero-order valence-electron chi connectivity index (χ0n) is 11.9. The Bertz CT molecular complexity index is 866. The quantitative estimate of drug-likeness (QED) is 0.596. The molecule has 1 N–H and O–H groups in total. The molecule has 23 heavy (non-hydrogen) atoms. The van der Waals surface area contributed by atoms with Gasteiger partial charge in [-0.3, -0.25) is 19.3 Å². The van der Waals surface area contributed by atoms with Crippen LogP contribution in [0.5, 0.6) is 0 Å². The van der Waals surface area contributed by atoms with E-state index in [-0.39, 0.29) is 11.5 Å². The smallest absolute Gasteiger partial charge is 0.261 e. The van der Waals surface area contributed by atoms with Crippen molar-refractivity contribution >= 4 is 46.0 Å². The van der Waals surface area contributed by atoms with Gasteiger partial charge in [0.2, 0.25) is 0 Å². The van der Waals surface area contributed by atoms with E-state index in [9.17, 15) is 18.8 Å². The molecule has 0 aromatic heterocycles. The number of imide groups is 1. The molecule has 1 heterocycles. The number of benzene rings is 2. The van der Waals surface area contributed by atoms with Gasteiger partial charge >= 0.3 is 0 Å². The van der Waals surface area contributed by atoms with Gasteiger partial charge in [0.1, 0.15) is 5.82 Å². The largest absolute Gasteiger partial charge is 0.322 e. The van der Waals surface area contributed by atoms with Gasteiger partial charge in [-0.1, -0.05) is 0 Å². The highest BCUT2D eigenvalue weighted by atomic mass is 127. The highest BCUT2D eigenvalue weighted by molar-refractivity contribution is 14.1. The van der Waals surface area contributed by atoms with Crippen molar-refractivity contribution in [3.63, 3.8) is 0 Å². The van der Waals surface area contributed by atoms with Gasteiger partial charge in [-0.2, -0.15) is 0 Å². The molecule has 1 aliphatic heterocycles. The van der Waals surface area contributed by atoms with E-state index < -0.39 is 17.6 Å². The van der Waals surface area contributed by atoms with Crippen molar-refractivity contribution in [3.05, 3.63) is 62.5 Å². The van der Waals surface area contributed by atoms with E-state index in [0.29, 0.717) is 20.4 Å². The lowest BCUT2D eigenvalue weighted by Gasteiger charge is -2.08. The monoisotopic (exact) mass is 424 g/mol. The number of carbonyl (C=O) groups is 3. The van der Waals surface area contributed by atoms with Gasteiger partial charge in [-0.15, -0.1) is 0 Å². The number of hydrogen-bond acceptors (Lipinski definition) is 3. The summed E-state index contributed by atoms with van der Waals surface area (Å²) < 4.78 is 13.6. The molecular formula is C16H10FIN2O3. The molecule has 0 bridgehead atoms. The number of nitrogens with zero attached hydrogens (tertiary/aromatic N) is 1. The maximum atomic E-state index is 13.1. The second kappa shape index (κ2) is 5.73. The minimum Gasteiger partial charge on any atom is -0.322 e. The van der Waals surface area contributed by atoms with Gasteiger partial charge in [-0.05, 0) is 59.0 Å². The first-order valence-corrected chi connectivity index (χ1v) is 7.69. The highest BCUT2D eigenvalue weighted by Gasteiger charge is 2.32. The molecule has 3 rings (SSSR count). The van der Waals surface area contributed by atoms with Crippen LogP contribution in [0.2, 0.25) is 0 Å². The highest BCUT2D eigenvalue weighted by Crippen LogP contribution is 2.25. The maximum absolute atomic E-state index is 13.1. The topological polar surface area (TPSA) is 66.5 Å². The number of hydrogen-bond donors (Lipinski definition) is 1. The summed E-state index contributed by atoms with van der Waals surface area (Å²) in [7, 11) is 1.41. The van der Waals surface area contributed by atoms with Crippen molar-refractivity contribution in [2.24, 2.45) is 0 Å². The van der Waals surface area contributed by atoms with Crippen LogP contribution in [0.15, 0.2) is 36.4 Å². The number of halogens is 2. The van der Waals surface area contributed by atoms with E-state index >= 15 is 0 Å². The minimum atomic E-state index is -0.421. The first-order chi connectivity index (χ1) is 10.9. The van der Waals surface area contributed by atoms with E-state index in [1.807, 2.05) is 22.6 Å². The van der Waals surface area contributed by atoms with Gasteiger partial charge in [0, 0.05) is 16.3 Å². The van der Waals surface area contributed by atoms with Crippen LogP contribution in [0.4, 0.5) is 10.1 Å². The van der Waals surface area contributed by atoms with Crippen LogP contribution in [0.3, 0.4) is 0 Å². The maximum Gasteiger partial charge on any atom is 0.261 e. The Kier molecular flexibility index (Phi) is 3.88. The van der Waals surface area contributed by atoms with Gasteiger partial charge in [-0.25, -0.2) is 4.39 Å². The van der Waals surface area contributed by atoms with Crippen LogP contribution >= 0.6 is 22.6 Å². The van der Waals surface area contributed by atoms with Gasteiger partial charge in [0.25, 0.3) is 17.7 Å². The molecule has 3 amide bonds. The molecule has 0 radical (unpaired) electrons. The first-order valence-electron chi connectivity index (χ1n) is 6.61. The number of nitrogens with one attached hydrogen (secondary N) is 1. The third-order valence-corrected chi connectivity index (χ3v) is 4.42. The molecular weight excluding hydrogens is 414 g/mol. The van der Waals surface area contributed by atoms with Crippen LogP contribution in [0.1, 0.15) is 31.1 Å². The van der Waals surface area contributed by atoms with E-state index in [2.05, 4.69) is 5.32 Å². The molecule has 0 fully saturated rings. The van der Waals surface area contributed by atoms with Crippen LogP contribution < -0.4 is 5.32 Å². The Morgan fingerprint density at radius 3 is 2.48 bits per heavy atom. The lowest BCUT2D eigenvalue weighted by atomic mass is 10.1. The molecule has 0 saturated carbocycles. The third kappa shape index (κ3) is 2.72. The Balaban J connectivity index is 1.89. The zero-order valence-corrected chi connectivity index (χ0v) is 14.0. The molecule has 0 unspecified atom stereocenters. The standard InChI is InChI=1S/C16H10FIN2O3/c1-20-15(22)10-5-3-9(7-12(10)16(20)23)19-14(21)11-4-2-8(17)6-13(11)18/h2-7H,1H3,(H,19,21).